The molecule has 9 nitrogen and oxygen atoms in total. The summed E-state index contributed by atoms with van der Waals surface area (Å²) in [5.41, 5.74) is 1.62. The van der Waals surface area contributed by atoms with Crippen LogP contribution in [-0.2, 0) is 9.53 Å². The van der Waals surface area contributed by atoms with E-state index < -0.39 is 12.0 Å². The lowest BCUT2D eigenvalue weighted by molar-refractivity contribution is -0.139. The van der Waals surface area contributed by atoms with Gasteiger partial charge in [-0.3, -0.25) is 9.36 Å². The maximum atomic E-state index is 14.0. The van der Waals surface area contributed by atoms with E-state index in [2.05, 4.69) is 20.9 Å². The summed E-state index contributed by atoms with van der Waals surface area (Å²) < 4.78 is 30.0. The molecule has 4 rings (SSSR count). The predicted molar refractivity (Wildman–Crippen MR) is 147 cm³/mol. The molecule has 0 N–H and O–H groups in total. The number of rotatable bonds is 8. The molecule has 3 aromatic rings. The molecule has 0 amide bonds. The standard InChI is InChI=1S/C27H27BrN2O7S/c1-7-37-26(32)23-14(2)29-27-30(24(23)17-12-16(33-3)8-9-19(17)34-4)25(31)22(38-27)11-15-10-18(28)21(36-6)13-20(15)35-5/h8-13,24H,7H2,1-6H3/b22-11-/t24-/m0/s1. The minimum atomic E-state index is -0.845. The summed E-state index contributed by atoms with van der Waals surface area (Å²) in [7, 11) is 6.19. The van der Waals surface area contributed by atoms with Gasteiger partial charge in [-0.05, 0) is 60.1 Å². The van der Waals surface area contributed by atoms with E-state index in [1.807, 2.05) is 6.07 Å². The molecule has 0 aliphatic carbocycles. The first kappa shape index (κ1) is 27.5. The van der Waals surface area contributed by atoms with Gasteiger partial charge in [0.05, 0.1) is 55.3 Å². The van der Waals surface area contributed by atoms with Crippen LogP contribution in [0, 0.1) is 0 Å². The predicted octanol–water partition coefficient (Wildman–Crippen LogP) is 3.60. The zero-order chi connectivity index (χ0) is 27.6. The van der Waals surface area contributed by atoms with Crippen molar-refractivity contribution in [3.63, 3.8) is 0 Å². The number of benzene rings is 2. The van der Waals surface area contributed by atoms with E-state index in [0.29, 0.717) is 53.6 Å². The third-order valence-electron chi connectivity index (χ3n) is 6.04. The summed E-state index contributed by atoms with van der Waals surface area (Å²) in [5, 5.41) is 0. The molecule has 0 radical (unpaired) electrons. The molecule has 0 fully saturated rings. The first-order valence-electron chi connectivity index (χ1n) is 11.6. The van der Waals surface area contributed by atoms with Gasteiger partial charge in [0.2, 0.25) is 0 Å². The number of aromatic nitrogens is 1. The first-order chi connectivity index (χ1) is 18.3. The Morgan fingerprint density at radius 3 is 2.39 bits per heavy atom. The Balaban J connectivity index is 2.02. The lowest BCUT2D eigenvalue weighted by atomic mass is 9.94. The molecular formula is C27H27BrN2O7S. The fraction of sp³-hybridized carbons (Fsp3) is 0.296. The molecule has 11 heteroatoms. The number of allylic oxidation sites excluding steroid dienone is 1. The molecular weight excluding hydrogens is 576 g/mol. The second-order valence-electron chi connectivity index (χ2n) is 8.14. The molecule has 0 saturated carbocycles. The quantitative estimate of drug-likeness (QED) is 0.363. The monoisotopic (exact) mass is 602 g/mol. The van der Waals surface area contributed by atoms with Gasteiger partial charge in [0, 0.05) is 17.2 Å². The Bertz CT molecular complexity index is 1610. The summed E-state index contributed by atoms with van der Waals surface area (Å²) in [6, 6.07) is 7.94. The van der Waals surface area contributed by atoms with Gasteiger partial charge in [-0.15, -0.1) is 0 Å². The molecule has 1 aliphatic heterocycles. The topological polar surface area (TPSA) is 97.6 Å². The Morgan fingerprint density at radius 1 is 1.05 bits per heavy atom. The minimum absolute atomic E-state index is 0.175. The van der Waals surface area contributed by atoms with Crippen LogP contribution in [-0.4, -0.2) is 45.6 Å². The largest absolute Gasteiger partial charge is 0.497 e. The molecule has 1 aromatic heterocycles. The zero-order valence-electron chi connectivity index (χ0n) is 21.8. The number of nitrogens with zero attached hydrogens (tertiary/aromatic N) is 2. The van der Waals surface area contributed by atoms with E-state index in [1.165, 1.54) is 23.0 Å². The van der Waals surface area contributed by atoms with Crippen molar-refractivity contribution in [3.8, 4) is 23.0 Å². The molecule has 0 bridgehead atoms. The lowest BCUT2D eigenvalue weighted by Gasteiger charge is -2.26. The molecule has 1 aliphatic rings. The summed E-state index contributed by atoms with van der Waals surface area (Å²) in [5.74, 6) is 1.61. The van der Waals surface area contributed by atoms with Gasteiger partial charge < -0.3 is 23.7 Å². The third-order valence-corrected chi connectivity index (χ3v) is 7.64. The maximum Gasteiger partial charge on any atom is 0.338 e. The minimum Gasteiger partial charge on any atom is -0.497 e. The third kappa shape index (κ3) is 4.95. The lowest BCUT2D eigenvalue weighted by Crippen LogP contribution is -2.40. The Morgan fingerprint density at radius 2 is 1.76 bits per heavy atom. The van der Waals surface area contributed by atoms with E-state index in [0.717, 1.165) is 0 Å². The number of ether oxygens (including phenoxy) is 5. The van der Waals surface area contributed by atoms with Crippen LogP contribution in [0.5, 0.6) is 23.0 Å². The van der Waals surface area contributed by atoms with Crippen LogP contribution < -0.4 is 33.8 Å². The maximum absolute atomic E-state index is 14.0. The molecule has 0 unspecified atom stereocenters. The normalized spacial score (nSPS) is 15.0. The van der Waals surface area contributed by atoms with Crippen molar-refractivity contribution in [1.82, 2.24) is 4.57 Å². The van der Waals surface area contributed by atoms with E-state index in [4.69, 9.17) is 23.7 Å². The van der Waals surface area contributed by atoms with Crippen LogP contribution in [0.15, 0.2) is 55.9 Å². The second-order valence-corrected chi connectivity index (χ2v) is 10.0. The number of methoxy groups -OCH3 is 4. The van der Waals surface area contributed by atoms with E-state index in [1.54, 1.807) is 65.5 Å². The van der Waals surface area contributed by atoms with Crippen LogP contribution in [0.25, 0.3) is 6.08 Å². The van der Waals surface area contributed by atoms with E-state index in [9.17, 15) is 9.59 Å². The van der Waals surface area contributed by atoms with Crippen LogP contribution in [0.4, 0.5) is 0 Å². The number of carbonyl (C=O) groups is 1. The Labute approximate surface area is 231 Å². The van der Waals surface area contributed by atoms with Crippen LogP contribution in [0.2, 0.25) is 0 Å². The average molecular weight is 603 g/mol. The van der Waals surface area contributed by atoms with Crippen molar-refractivity contribution in [2.75, 3.05) is 35.0 Å². The van der Waals surface area contributed by atoms with Gasteiger partial charge in [0.25, 0.3) is 5.56 Å². The number of carbonyl (C=O) groups excluding carboxylic acids is 1. The number of thiazole rings is 1. The highest BCUT2D eigenvalue weighted by Crippen LogP contribution is 2.38. The van der Waals surface area contributed by atoms with Gasteiger partial charge >= 0.3 is 5.97 Å². The summed E-state index contributed by atoms with van der Waals surface area (Å²) in [6.45, 7) is 3.63. The van der Waals surface area contributed by atoms with Crippen molar-refractivity contribution in [3.05, 3.63) is 76.9 Å². The summed E-state index contributed by atoms with van der Waals surface area (Å²) >= 11 is 4.70. The van der Waals surface area contributed by atoms with Crippen molar-refractivity contribution < 1.29 is 28.5 Å². The van der Waals surface area contributed by atoms with Crippen LogP contribution in [0.3, 0.4) is 0 Å². The van der Waals surface area contributed by atoms with Gasteiger partial charge in [-0.1, -0.05) is 11.3 Å². The molecule has 2 aromatic carbocycles. The Hall–Kier alpha value is -3.57. The number of fused-ring (bicyclic) bond motifs is 1. The van der Waals surface area contributed by atoms with Crippen molar-refractivity contribution in [1.29, 1.82) is 0 Å². The second kappa shape index (κ2) is 11.4. The SMILES string of the molecule is CCOC(=O)C1=C(C)N=c2s/c(=C\c3cc(Br)c(OC)cc3OC)c(=O)n2[C@H]1c1cc(OC)ccc1OC. The number of hydrogen-bond donors (Lipinski definition) is 0. The average Bonchev–Trinajstić information content (AvgIpc) is 3.21. The van der Waals surface area contributed by atoms with Gasteiger partial charge in [0.1, 0.15) is 29.0 Å². The highest BCUT2D eigenvalue weighted by atomic mass is 79.9. The fourth-order valence-electron chi connectivity index (χ4n) is 4.28. The van der Waals surface area contributed by atoms with Crippen LogP contribution in [0.1, 0.15) is 31.0 Å². The van der Waals surface area contributed by atoms with Gasteiger partial charge in [-0.2, -0.15) is 0 Å². The summed E-state index contributed by atoms with van der Waals surface area (Å²) in [6.07, 6.45) is 1.73. The first-order valence-corrected chi connectivity index (χ1v) is 13.2. The Kier molecular flexibility index (Phi) is 8.27. The number of esters is 1. The molecule has 2 heterocycles. The zero-order valence-corrected chi connectivity index (χ0v) is 24.2. The number of hydrogen-bond acceptors (Lipinski definition) is 9. The molecule has 1 atom stereocenters. The van der Waals surface area contributed by atoms with E-state index >= 15 is 0 Å². The van der Waals surface area contributed by atoms with Crippen molar-refractivity contribution >= 4 is 39.3 Å². The van der Waals surface area contributed by atoms with Crippen molar-refractivity contribution in [2.24, 2.45) is 4.99 Å². The van der Waals surface area contributed by atoms with Gasteiger partial charge in [-0.25, -0.2) is 9.79 Å². The smallest absolute Gasteiger partial charge is 0.338 e. The molecule has 200 valence electrons. The fourth-order valence-corrected chi connectivity index (χ4v) is 5.84. The summed E-state index contributed by atoms with van der Waals surface area (Å²) in [4.78, 5) is 32.2. The van der Waals surface area contributed by atoms with E-state index in [-0.39, 0.29) is 17.7 Å². The van der Waals surface area contributed by atoms with Crippen molar-refractivity contribution in [2.45, 2.75) is 19.9 Å². The molecule has 38 heavy (non-hydrogen) atoms. The number of halogens is 1. The molecule has 0 spiro atoms. The highest BCUT2D eigenvalue weighted by molar-refractivity contribution is 9.10. The van der Waals surface area contributed by atoms with Gasteiger partial charge in [0.15, 0.2) is 4.80 Å². The highest BCUT2D eigenvalue weighted by Gasteiger charge is 2.35. The van der Waals surface area contributed by atoms with Crippen LogP contribution >= 0.6 is 27.3 Å². The molecule has 0 saturated heterocycles.